The number of ether oxygens (including phenoxy) is 1. The van der Waals surface area contributed by atoms with Gasteiger partial charge < -0.3 is 4.74 Å². The first-order chi connectivity index (χ1) is 5.24. The molecule has 0 aliphatic carbocycles. The van der Waals surface area contributed by atoms with Crippen LogP contribution in [0.3, 0.4) is 0 Å². The van der Waals surface area contributed by atoms with Gasteiger partial charge in [0.05, 0.1) is 6.10 Å². The zero-order valence-electron chi connectivity index (χ0n) is 7.41. The molecule has 0 N–H and O–H groups in total. The SMILES string of the molecule is CC[C@H]1O[C@@H](C(C)C)C=CS1. The summed E-state index contributed by atoms with van der Waals surface area (Å²) in [5, 5.41) is 2.17. The first-order valence-electron chi connectivity index (χ1n) is 4.21. The lowest BCUT2D eigenvalue weighted by Gasteiger charge is -2.26. The van der Waals surface area contributed by atoms with Gasteiger partial charge in [-0.15, -0.1) is 11.8 Å². The van der Waals surface area contributed by atoms with Gasteiger partial charge in [0.25, 0.3) is 0 Å². The van der Waals surface area contributed by atoms with Crippen molar-refractivity contribution in [3.8, 4) is 0 Å². The second-order valence-corrected chi connectivity index (χ2v) is 4.22. The highest BCUT2D eigenvalue weighted by Gasteiger charge is 2.19. The Bertz CT molecular complexity index is 142. The molecule has 0 saturated heterocycles. The van der Waals surface area contributed by atoms with E-state index in [0.717, 1.165) is 6.42 Å². The standard InChI is InChI=1S/C9H16OS/c1-4-9-10-8(7(2)3)5-6-11-9/h5-9H,4H2,1-3H3/t8-,9+/m1/s1. The van der Waals surface area contributed by atoms with Crippen molar-refractivity contribution >= 4 is 11.8 Å². The van der Waals surface area contributed by atoms with Crippen LogP contribution < -0.4 is 0 Å². The maximum atomic E-state index is 5.77. The van der Waals surface area contributed by atoms with Crippen LogP contribution >= 0.6 is 11.8 Å². The Morgan fingerprint density at radius 1 is 1.55 bits per heavy atom. The molecule has 1 nitrogen and oxygen atoms in total. The normalized spacial score (nSPS) is 31.3. The van der Waals surface area contributed by atoms with E-state index >= 15 is 0 Å². The minimum atomic E-state index is 0.334. The topological polar surface area (TPSA) is 9.23 Å². The zero-order valence-corrected chi connectivity index (χ0v) is 8.23. The van der Waals surface area contributed by atoms with E-state index in [4.69, 9.17) is 4.74 Å². The molecule has 0 aromatic rings. The summed E-state index contributed by atoms with van der Waals surface area (Å²) in [5.41, 5.74) is 0.382. The number of hydrogen-bond donors (Lipinski definition) is 0. The molecular formula is C9H16OS. The van der Waals surface area contributed by atoms with E-state index in [-0.39, 0.29) is 0 Å². The predicted octanol–water partition coefficient (Wildman–Crippen LogP) is 3.02. The van der Waals surface area contributed by atoms with Crippen molar-refractivity contribution in [2.24, 2.45) is 5.92 Å². The van der Waals surface area contributed by atoms with Gasteiger partial charge in [-0.3, -0.25) is 0 Å². The van der Waals surface area contributed by atoms with Gasteiger partial charge in [0, 0.05) is 0 Å². The van der Waals surface area contributed by atoms with Gasteiger partial charge in [0.1, 0.15) is 5.44 Å². The van der Waals surface area contributed by atoms with Crippen LogP contribution in [0.2, 0.25) is 0 Å². The van der Waals surface area contributed by atoms with E-state index in [0.29, 0.717) is 17.5 Å². The summed E-state index contributed by atoms with van der Waals surface area (Å²) in [4.78, 5) is 0. The molecule has 0 spiro atoms. The van der Waals surface area contributed by atoms with Gasteiger partial charge in [0.15, 0.2) is 0 Å². The molecular weight excluding hydrogens is 156 g/mol. The molecule has 1 aliphatic heterocycles. The summed E-state index contributed by atoms with van der Waals surface area (Å²) in [6.07, 6.45) is 3.58. The third-order valence-corrected chi connectivity index (χ3v) is 2.86. The molecule has 1 aliphatic rings. The van der Waals surface area contributed by atoms with Crippen LogP contribution in [0.1, 0.15) is 27.2 Å². The lowest BCUT2D eigenvalue weighted by Crippen LogP contribution is -2.24. The van der Waals surface area contributed by atoms with Crippen LogP contribution in [0.15, 0.2) is 11.5 Å². The van der Waals surface area contributed by atoms with Gasteiger partial charge >= 0.3 is 0 Å². The summed E-state index contributed by atoms with van der Waals surface area (Å²) < 4.78 is 5.77. The molecule has 0 unspecified atom stereocenters. The number of hydrogen-bond acceptors (Lipinski definition) is 2. The van der Waals surface area contributed by atoms with E-state index in [9.17, 15) is 0 Å². The lowest BCUT2D eigenvalue weighted by atomic mass is 10.1. The Hall–Kier alpha value is 0.0500. The van der Waals surface area contributed by atoms with Crippen molar-refractivity contribution in [1.29, 1.82) is 0 Å². The van der Waals surface area contributed by atoms with Crippen molar-refractivity contribution in [3.63, 3.8) is 0 Å². The summed E-state index contributed by atoms with van der Waals surface area (Å²) in [5.74, 6) is 0.598. The fourth-order valence-electron chi connectivity index (χ4n) is 1.03. The molecule has 0 aromatic heterocycles. The first-order valence-corrected chi connectivity index (χ1v) is 5.16. The van der Waals surface area contributed by atoms with Crippen LogP contribution in [0.25, 0.3) is 0 Å². The second-order valence-electron chi connectivity index (χ2n) is 3.15. The Morgan fingerprint density at radius 3 is 2.82 bits per heavy atom. The largest absolute Gasteiger partial charge is 0.360 e. The Kier molecular flexibility index (Phi) is 3.46. The molecule has 0 fully saturated rings. The van der Waals surface area contributed by atoms with Crippen molar-refractivity contribution < 1.29 is 4.74 Å². The molecule has 1 rings (SSSR count). The average Bonchev–Trinajstić information content (AvgIpc) is 2.05. The maximum absolute atomic E-state index is 5.77. The Morgan fingerprint density at radius 2 is 2.27 bits per heavy atom. The fraction of sp³-hybridized carbons (Fsp3) is 0.778. The van der Waals surface area contributed by atoms with Gasteiger partial charge in [0.2, 0.25) is 0 Å². The van der Waals surface area contributed by atoms with Crippen LogP contribution in [0, 0.1) is 5.92 Å². The van der Waals surface area contributed by atoms with Crippen molar-refractivity contribution in [1.82, 2.24) is 0 Å². The average molecular weight is 172 g/mol. The molecule has 0 amide bonds. The zero-order chi connectivity index (χ0) is 8.27. The summed E-state index contributed by atoms with van der Waals surface area (Å²) in [6, 6.07) is 0. The third kappa shape index (κ3) is 2.53. The monoisotopic (exact) mass is 172 g/mol. The minimum Gasteiger partial charge on any atom is -0.360 e. The van der Waals surface area contributed by atoms with E-state index in [2.05, 4.69) is 32.3 Å². The fourth-order valence-corrected chi connectivity index (χ4v) is 1.84. The lowest BCUT2D eigenvalue weighted by molar-refractivity contribution is 0.0341. The van der Waals surface area contributed by atoms with Gasteiger partial charge in [-0.2, -0.15) is 0 Å². The summed E-state index contributed by atoms with van der Waals surface area (Å²) in [7, 11) is 0. The maximum Gasteiger partial charge on any atom is 0.107 e. The van der Waals surface area contributed by atoms with E-state index < -0.39 is 0 Å². The Balaban J connectivity index is 2.45. The quantitative estimate of drug-likeness (QED) is 0.633. The van der Waals surface area contributed by atoms with E-state index in [1.54, 1.807) is 11.8 Å². The van der Waals surface area contributed by atoms with Crippen molar-refractivity contribution in [2.45, 2.75) is 38.7 Å². The van der Waals surface area contributed by atoms with Crippen LogP contribution in [0.5, 0.6) is 0 Å². The highest BCUT2D eigenvalue weighted by molar-refractivity contribution is 8.02. The molecule has 0 aromatic carbocycles. The third-order valence-electron chi connectivity index (χ3n) is 1.80. The van der Waals surface area contributed by atoms with Gasteiger partial charge in [-0.1, -0.05) is 20.8 Å². The van der Waals surface area contributed by atoms with Crippen LogP contribution in [-0.2, 0) is 4.74 Å². The molecule has 0 radical (unpaired) electrons. The number of thioether (sulfide) groups is 1. The molecule has 1 heterocycles. The highest BCUT2D eigenvalue weighted by atomic mass is 32.2. The Labute approximate surface area is 73.2 Å². The van der Waals surface area contributed by atoms with Gasteiger partial charge in [-0.25, -0.2) is 0 Å². The van der Waals surface area contributed by atoms with Gasteiger partial charge in [-0.05, 0) is 23.8 Å². The molecule has 2 atom stereocenters. The number of rotatable bonds is 2. The van der Waals surface area contributed by atoms with E-state index in [1.807, 2.05) is 0 Å². The van der Waals surface area contributed by atoms with Crippen LogP contribution in [0.4, 0.5) is 0 Å². The predicted molar refractivity (Wildman–Crippen MR) is 50.5 cm³/mol. The summed E-state index contributed by atoms with van der Waals surface area (Å²) in [6.45, 7) is 6.55. The van der Waals surface area contributed by atoms with Crippen LogP contribution in [-0.4, -0.2) is 11.5 Å². The van der Waals surface area contributed by atoms with E-state index in [1.165, 1.54) is 0 Å². The van der Waals surface area contributed by atoms with Crippen molar-refractivity contribution in [2.75, 3.05) is 0 Å². The molecule has 11 heavy (non-hydrogen) atoms. The molecule has 64 valence electrons. The summed E-state index contributed by atoms with van der Waals surface area (Å²) >= 11 is 1.78. The minimum absolute atomic E-state index is 0.334. The first kappa shape index (κ1) is 9.14. The van der Waals surface area contributed by atoms with Crippen molar-refractivity contribution in [3.05, 3.63) is 11.5 Å². The second kappa shape index (κ2) is 4.17. The highest BCUT2D eigenvalue weighted by Crippen LogP contribution is 2.27. The molecule has 0 saturated carbocycles. The molecule has 2 heteroatoms. The smallest absolute Gasteiger partial charge is 0.107 e. The molecule has 0 bridgehead atoms.